The Hall–Kier alpha value is -2.74. The van der Waals surface area contributed by atoms with E-state index in [1.54, 1.807) is 18.9 Å². The number of nitrogens with zero attached hydrogens (tertiary/aromatic N) is 2. The first-order valence-corrected chi connectivity index (χ1v) is 12.8. The van der Waals surface area contributed by atoms with Gasteiger partial charge in [-0.2, -0.15) is 0 Å². The highest BCUT2D eigenvalue weighted by Crippen LogP contribution is 2.50. The van der Waals surface area contributed by atoms with E-state index in [0.29, 0.717) is 13.1 Å². The van der Waals surface area contributed by atoms with E-state index in [1.807, 2.05) is 61.5 Å². The molecule has 190 valence electrons. The summed E-state index contributed by atoms with van der Waals surface area (Å²) < 4.78 is 11.4. The van der Waals surface area contributed by atoms with Crippen LogP contribution in [-0.2, 0) is 14.3 Å². The van der Waals surface area contributed by atoms with Crippen LogP contribution in [0.5, 0.6) is 5.75 Å². The summed E-state index contributed by atoms with van der Waals surface area (Å²) in [5.74, 6) is 0.198. The van der Waals surface area contributed by atoms with Crippen LogP contribution in [0.4, 0.5) is 5.69 Å². The molecule has 1 amide bonds. The van der Waals surface area contributed by atoms with Crippen LogP contribution in [-0.4, -0.2) is 57.2 Å². The number of anilines is 1. The predicted molar refractivity (Wildman–Crippen MR) is 146 cm³/mol. The Labute approximate surface area is 222 Å². The number of esters is 1. The average molecular weight is 527 g/mol. The summed E-state index contributed by atoms with van der Waals surface area (Å²) in [6, 6.07) is 20.0. The number of fused-ring (bicyclic) bond motifs is 3. The largest absolute Gasteiger partial charge is 0.497 e. The van der Waals surface area contributed by atoms with E-state index in [2.05, 4.69) is 23.1 Å². The molecule has 36 heavy (non-hydrogen) atoms. The van der Waals surface area contributed by atoms with Crippen molar-refractivity contribution in [1.29, 1.82) is 0 Å². The molecule has 2 atom stereocenters. The van der Waals surface area contributed by atoms with E-state index in [1.165, 1.54) is 0 Å². The molecule has 0 aromatic heterocycles. The molecule has 0 saturated heterocycles. The number of halogens is 1. The third-order valence-corrected chi connectivity index (χ3v) is 7.99. The number of carbonyl (C=O) groups excluding carboxylic acids is 2. The lowest BCUT2D eigenvalue weighted by atomic mass is 10.0. The molecule has 8 heteroatoms. The van der Waals surface area contributed by atoms with Crippen molar-refractivity contribution in [2.24, 2.45) is 5.92 Å². The lowest BCUT2D eigenvalue weighted by Crippen LogP contribution is -2.45. The van der Waals surface area contributed by atoms with Crippen LogP contribution in [0.15, 0.2) is 65.6 Å². The van der Waals surface area contributed by atoms with Crippen LogP contribution in [0.2, 0.25) is 0 Å². The highest BCUT2D eigenvalue weighted by atomic mass is 35.5. The van der Waals surface area contributed by atoms with Crippen LogP contribution >= 0.6 is 24.2 Å². The van der Waals surface area contributed by atoms with Gasteiger partial charge in [-0.15, -0.1) is 24.2 Å². The van der Waals surface area contributed by atoms with Gasteiger partial charge < -0.3 is 19.3 Å². The summed E-state index contributed by atoms with van der Waals surface area (Å²) in [4.78, 5) is 31.9. The van der Waals surface area contributed by atoms with Gasteiger partial charge in [-0.3, -0.25) is 9.59 Å². The molecule has 1 aliphatic carbocycles. The summed E-state index contributed by atoms with van der Waals surface area (Å²) in [5.41, 5.74) is 1.79. The van der Waals surface area contributed by atoms with E-state index in [-0.39, 0.29) is 35.5 Å². The van der Waals surface area contributed by atoms with Gasteiger partial charge in [0.1, 0.15) is 5.75 Å². The number of thioether (sulfide) groups is 1. The van der Waals surface area contributed by atoms with E-state index < -0.39 is 6.10 Å². The van der Waals surface area contributed by atoms with Crippen molar-refractivity contribution in [1.82, 2.24) is 4.90 Å². The minimum Gasteiger partial charge on any atom is -0.497 e. The molecule has 0 unspecified atom stereocenters. The average Bonchev–Trinajstić information content (AvgIpc) is 3.72. The fraction of sp³-hybridized carbons (Fsp3) is 0.357. The second-order valence-electron chi connectivity index (χ2n) is 9.37. The van der Waals surface area contributed by atoms with Gasteiger partial charge in [0.15, 0.2) is 6.10 Å². The molecule has 5 rings (SSSR count). The summed E-state index contributed by atoms with van der Waals surface area (Å²) in [6.07, 6.45) is 0.736. The Morgan fingerprint density at radius 1 is 1.06 bits per heavy atom. The Bertz CT molecular complexity index is 1250. The molecule has 1 aliphatic heterocycles. The molecular formula is C28H31ClN2O4S. The molecule has 1 heterocycles. The molecule has 1 saturated carbocycles. The number of methoxy groups -OCH3 is 1. The van der Waals surface area contributed by atoms with Gasteiger partial charge in [0, 0.05) is 18.0 Å². The Morgan fingerprint density at radius 2 is 1.78 bits per heavy atom. The number of carbonyl (C=O) groups is 2. The Kier molecular flexibility index (Phi) is 8.13. The lowest BCUT2D eigenvalue weighted by Gasteiger charge is -2.28. The predicted octanol–water partition coefficient (Wildman–Crippen LogP) is 5.33. The third kappa shape index (κ3) is 5.33. The smallest absolute Gasteiger partial charge is 0.309 e. The summed E-state index contributed by atoms with van der Waals surface area (Å²) in [7, 11) is 5.61. The number of benzene rings is 3. The third-order valence-electron chi connectivity index (χ3n) is 6.55. The standard InChI is InChI=1S/C28H30N2O4S.ClH/c1-29(2)16-17-30-23-15-12-18-6-4-5-7-22(18)26(23)35-25(19-10-13-21(33-3)14-11-19)24(27(30)31)34-28(32)20-8-9-20;/h4-7,10-15,20,24-25H,8-9,16-17H2,1-3H3;1H/t24-,25+;/m1./s1. The number of amides is 1. The van der Waals surface area contributed by atoms with Gasteiger partial charge in [0.05, 0.1) is 24.0 Å². The maximum atomic E-state index is 14.1. The second-order valence-corrected chi connectivity index (χ2v) is 10.5. The molecule has 2 aliphatic rings. The summed E-state index contributed by atoms with van der Waals surface area (Å²) >= 11 is 1.60. The zero-order chi connectivity index (χ0) is 24.5. The number of likely N-dealkylation sites (N-methyl/N-ethyl adjacent to an activating group) is 1. The molecule has 0 radical (unpaired) electrons. The van der Waals surface area contributed by atoms with Gasteiger partial charge in [-0.1, -0.05) is 42.5 Å². The normalized spacial score (nSPS) is 19.4. The maximum absolute atomic E-state index is 14.1. The molecule has 0 bridgehead atoms. The minimum atomic E-state index is -0.921. The Balaban J connectivity index is 0.00000304. The topological polar surface area (TPSA) is 59.1 Å². The fourth-order valence-corrected chi connectivity index (χ4v) is 5.83. The van der Waals surface area contributed by atoms with E-state index in [0.717, 1.165) is 45.5 Å². The first-order chi connectivity index (χ1) is 17.0. The zero-order valence-corrected chi connectivity index (χ0v) is 22.3. The number of ether oxygens (including phenoxy) is 2. The minimum absolute atomic E-state index is 0. The van der Waals surface area contributed by atoms with Gasteiger partial charge in [0.2, 0.25) is 0 Å². The number of hydrogen-bond acceptors (Lipinski definition) is 6. The van der Waals surface area contributed by atoms with Gasteiger partial charge in [0.25, 0.3) is 5.91 Å². The second kappa shape index (κ2) is 11.1. The van der Waals surface area contributed by atoms with Crippen molar-refractivity contribution < 1.29 is 19.1 Å². The fourth-order valence-electron chi connectivity index (χ4n) is 4.38. The van der Waals surface area contributed by atoms with Crippen molar-refractivity contribution in [3.8, 4) is 5.75 Å². The van der Waals surface area contributed by atoms with Crippen molar-refractivity contribution in [3.05, 3.63) is 66.2 Å². The van der Waals surface area contributed by atoms with Gasteiger partial charge >= 0.3 is 5.97 Å². The van der Waals surface area contributed by atoms with Gasteiger partial charge in [-0.05, 0) is 61.5 Å². The summed E-state index contributed by atoms with van der Waals surface area (Å²) in [6.45, 7) is 1.20. The SMILES string of the molecule is COc1ccc([C@@H]2Sc3c(ccc4ccccc34)N(CCN(C)C)C(=O)[C@@H]2OC(=O)C2CC2)cc1.Cl. The van der Waals surface area contributed by atoms with Crippen LogP contribution < -0.4 is 9.64 Å². The number of rotatable bonds is 7. The van der Waals surface area contributed by atoms with Gasteiger partial charge in [-0.25, -0.2) is 0 Å². The molecule has 3 aromatic rings. The van der Waals surface area contributed by atoms with Crippen LogP contribution in [0, 0.1) is 5.92 Å². The van der Waals surface area contributed by atoms with Crippen molar-refractivity contribution in [3.63, 3.8) is 0 Å². The quantitative estimate of drug-likeness (QED) is 0.388. The van der Waals surface area contributed by atoms with E-state index >= 15 is 0 Å². The molecule has 1 fully saturated rings. The molecule has 3 aromatic carbocycles. The summed E-state index contributed by atoms with van der Waals surface area (Å²) in [5, 5.41) is 1.82. The monoisotopic (exact) mass is 526 g/mol. The first-order valence-electron chi connectivity index (χ1n) is 11.9. The number of hydrogen-bond donors (Lipinski definition) is 0. The van der Waals surface area contributed by atoms with E-state index in [4.69, 9.17) is 9.47 Å². The Morgan fingerprint density at radius 3 is 2.44 bits per heavy atom. The zero-order valence-electron chi connectivity index (χ0n) is 20.7. The highest BCUT2D eigenvalue weighted by Gasteiger charge is 2.44. The van der Waals surface area contributed by atoms with Crippen LogP contribution in [0.25, 0.3) is 10.8 Å². The molecule has 6 nitrogen and oxygen atoms in total. The van der Waals surface area contributed by atoms with E-state index in [9.17, 15) is 9.59 Å². The van der Waals surface area contributed by atoms with Crippen molar-refractivity contribution in [2.75, 3.05) is 39.2 Å². The van der Waals surface area contributed by atoms with Crippen molar-refractivity contribution >= 4 is 52.5 Å². The molecular weight excluding hydrogens is 496 g/mol. The molecule has 0 N–H and O–H groups in total. The van der Waals surface area contributed by atoms with Crippen molar-refractivity contribution in [2.45, 2.75) is 29.1 Å². The highest BCUT2D eigenvalue weighted by molar-refractivity contribution is 8.00. The first kappa shape index (κ1) is 26.3. The molecule has 0 spiro atoms. The van der Waals surface area contributed by atoms with Crippen LogP contribution in [0.3, 0.4) is 0 Å². The lowest BCUT2D eigenvalue weighted by molar-refractivity contribution is -0.156. The van der Waals surface area contributed by atoms with Crippen LogP contribution in [0.1, 0.15) is 23.7 Å². The maximum Gasteiger partial charge on any atom is 0.309 e.